The molecule has 4 fully saturated rings. The van der Waals surface area contributed by atoms with Gasteiger partial charge in [-0.1, -0.05) is 184 Å². The van der Waals surface area contributed by atoms with E-state index in [1.54, 1.807) is 111 Å². The number of ether oxygens (including phenoxy) is 2. The summed E-state index contributed by atoms with van der Waals surface area (Å²) in [6.45, 7) is 10.3. The summed E-state index contributed by atoms with van der Waals surface area (Å²) in [5.74, 6) is 0.668. The number of aliphatic hydroxyl groups excluding tert-OH is 4. The maximum atomic E-state index is 13.9. The van der Waals surface area contributed by atoms with E-state index in [0.717, 1.165) is 146 Å². The maximum absolute atomic E-state index is 13.9. The summed E-state index contributed by atoms with van der Waals surface area (Å²) in [6.07, 6.45) is 19.2. The number of aliphatic hydroxyl groups is 4. The zero-order chi connectivity index (χ0) is 95.6. The molecule has 8 heterocycles. The first-order valence-electron chi connectivity index (χ1n) is 49.0. The minimum Gasteiger partial charge on any atom is -0.496 e. The Morgan fingerprint density at radius 2 is 0.511 bits per heavy atom. The lowest BCUT2D eigenvalue weighted by Gasteiger charge is -2.42. The molecule has 0 spiro atoms. The number of nitrogens with zero attached hydrogens (tertiary/aromatic N) is 8. The van der Waals surface area contributed by atoms with Crippen molar-refractivity contribution in [2.24, 2.45) is 47.3 Å². The summed E-state index contributed by atoms with van der Waals surface area (Å²) in [5, 5.41) is 39.4. The molecule has 20 rings (SSSR count). The molecular weight excluding hydrogens is 1730 g/mol. The third-order valence-electron chi connectivity index (χ3n) is 31.6. The van der Waals surface area contributed by atoms with Gasteiger partial charge in [-0.25, -0.2) is 0 Å². The molecule has 0 radical (unpaired) electrons. The normalized spacial score (nSPS) is 24.0. The number of amides is 12. The minimum absolute atomic E-state index is 0. The van der Waals surface area contributed by atoms with Gasteiger partial charge >= 0.3 is 0 Å². The van der Waals surface area contributed by atoms with Crippen molar-refractivity contribution >= 4 is 70.9 Å². The summed E-state index contributed by atoms with van der Waals surface area (Å²) in [7, 11) is 3.30. The van der Waals surface area contributed by atoms with Crippen molar-refractivity contribution in [3.63, 3.8) is 0 Å². The Morgan fingerprint density at radius 1 is 0.292 bits per heavy atom. The lowest BCUT2D eigenvalue weighted by molar-refractivity contribution is -0.142. The molecule has 0 bridgehead atoms. The van der Waals surface area contributed by atoms with E-state index in [4.69, 9.17) is 9.47 Å². The third-order valence-corrected chi connectivity index (χ3v) is 31.6. The molecule has 4 aliphatic carbocycles. The average molecular weight is 1860 g/mol. The molecule has 12 atom stereocenters. The van der Waals surface area contributed by atoms with Crippen molar-refractivity contribution in [2.75, 3.05) is 66.6 Å². The number of hydrogen-bond donors (Lipinski definition) is 4. The van der Waals surface area contributed by atoms with Crippen molar-refractivity contribution in [3.8, 4) is 11.5 Å². The van der Waals surface area contributed by atoms with E-state index < -0.39 is 12.1 Å². The Bertz CT molecular complexity index is 5510. The first-order chi connectivity index (χ1) is 65.9. The smallest absolute Gasteiger partial charge is 0.261 e. The third kappa shape index (κ3) is 18.8. The largest absolute Gasteiger partial charge is 0.496 e. The first-order valence-corrected chi connectivity index (χ1v) is 49.0. The van der Waals surface area contributed by atoms with Crippen LogP contribution < -0.4 is 9.47 Å². The van der Waals surface area contributed by atoms with Crippen LogP contribution in [0.1, 0.15) is 312 Å². The number of imide groups is 4. The van der Waals surface area contributed by atoms with Gasteiger partial charge in [-0.2, -0.15) is 0 Å². The molecular formula is C111H128N8O18. The van der Waals surface area contributed by atoms with Gasteiger partial charge in [0.1, 0.15) is 11.5 Å². The van der Waals surface area contributed by atoms with Gasteiger partial charge in [0, 0.05) is 61.0 Å². The van der Waals surface area contributed by atoms with Crippen LogP contribution in [-0.4, -0.2) is 197 Å². The quantitative estimate of drug-likeness (QED) is 0.0580. The first kappa shape index (κ1) is 97.7. The van der Waals surface area contributed by atoms with E-state index in [1.165, 1.54) is 32.4 Å². The Morgan fingerprint density at radius 3 is 0.737 bits per heavy atom. The van der Waals surface area contributed by atoms with Gasteiger partial charge in [-0.15, -0.1) is 0 Å². The summed E-state index contributed by atoms with van der Waals surface area (Å²) in [4.78, 5) is 173. The van der Waals surface area contributed by atoms with Gasteiger partial charge in [0.2, 0.25) is 23.6 Å². The van der Waals surface area contributed by atoms with Crippen molar-refractivity contribution in [1.29, 1.82) is 0 Å². The highest BCUT2D eigenvalue weighted by molar-refractivity contribution is 6.24. The standard InChI is InChI=1S/2C28H32N2O5.2C27H30N2O4.CH4/c2*1-17-6-2-3-7-21(17)26(33)29-11-10-18-12-19(15-31)20(16-32)13-24(18)25(29)14-30-27(34)22-8-4-5-9-23(22)28(30)35;2*1-17-8-3-4-9-18(17)25(30)28-15-14-20-19(12-7-13-24(20)33-2)23(28)16-29-26(31)21-10-5-6-11-22(21)27(29)32;/h2*4-5,8-9,12-13,17,21,25,31-32H,2-3,6-7,10-11,14-16H2,1H3;2*5-7,10-13,17-18,23H,3-4,8-9,14-16H2,1-2H3;1H4/t17-,21+,25+;17-,21+,25-;2*17-,18+,23+;/m0010./s1. The fourth-order valence-electron chi connectivity index (χ4n) is 23.8. The van der Waals surface area contributed by atoms with E-state index in [9.17, 15) is 78.0 Å². The van der Waals surface area contributed by atoms with Crippen LogP contribution >= 0.6 is 0 Å². The number of methoxy groups -OCH3 is 2. The average Bonchev–Trinajstić information content (AvgIpc) is 1.23. The van der Waals surface area contributed by atoms with Gasteiger partial charge < -0.3 is 49.5 Å². The molecule has 0 saturated heterocycles. The number of carbonyl (C=O) groups is 12. The minimum atomic E-state index is -0.499. The molecule has 26 heteroatoms. The van der Waals surface area contributed by atoms with Gasteiger partial charge in [-0.05, 0) is 217 Å². The molecule has 137 heavy (non-hydrogen) atoms. The molecule has 0 unspecified atom stereocenters. The molecule has 26 nitrogen and oxygen atoms in total. The van der Waals surface area contributed by atoms with Gasteiger partial charge in [0.05, 0.1) is 136 Å². The zero-order valence-corrected chi connectivity index (χ0v) is 78.6. The topological polar surface area (TPSA) is 330 Å². The van der Waals surface area contributed by atoms with E-state index in [-0.39, 0.29) is 167 Å². The summed E-state index contributed by atoms with van der Waals surface area (Å²) < 4.78 is 11.2. The van der Waals surface area contributed by atoms with Gasteiger partial charge in [0.25, 0.3) is 47.3 Å². The van der Waals surface area contributed by atoms with Crippen molar-refractivity contribution in [1.82, 2.24) is 39.2 Å². The summed E-state index contributed by atoms with van der Waals surface area (Å²) in [6, 6.07) is 44.9. The summed E-state index contributed by atoms with van der Waals surface area (Å²) >= 11 is 0. The molecule has 8 aliphatic heterocycles. The second-order valence-corrected chi connectivity index (χ2v) is 39.1. The molecule has 12 amide bonds. The van der Waals surface area contributed by atoms with Gasteiger partial charge in [0.15, 0.2) is 0 Å². The molecule has 8 aromatic rings. The maximum Gasteiger partial charge on any atom is 0.261 e. The van der Waals surface area contributed by atoms with Crippen molar-refractivity contribution < 1.29 is 87.4 Å². The zero-order valence-electron chi connectivity index (χ0n) is 78.6. The van der Waals surface area contributed by atoms with E-state index in [2.05, 4.69) is 27.7 Å². The predicted octanol–water partition coefficient (Wildman–Crippen LogP) is 15.6. The summed E-state index contributed by atoms with van der Waals surface area (Å²) in [5.41, 5.74) is 13.5. The fraction of sp³-hybridized carbons (Fsp3) is 0.459. The van der Waals surface area contributed by atoms with Gasteiger partial charge in [-0.3, -0.25) is 77.1 Å². The lowest BCUT2D eigenvalue weighted by atomic mass is 9.78. The van der Waals surface area contributed by atoms with Crippen LogP contribution in [0.2, 0.25) is 0 Å². The Hall–Kier alpha value is -12.4. The Kier molecular flexibility index (Phi) is 30.2. The second kappa shape index (κ2) is 42.3. The van der Waals surface area contributed by atoms with Crippen LogP contribution in [0.5, 0.6) is 11.5 Å². The van der Waals surface area contributed by atoms with Crippen LogP contribution in [-0.2, 0) is 71.3 Å². The van der Waals surface area contributed by atoms with Crippen LogP contribution in [0.3, 0.4) is 0 Å². The van der Waals surface area contributed by atoms with E-state index in [0.29, 0.717) is 142 Å². The lowest BCUT2D eigenvalue weighted by Crippen LogP contribution is -2.49. The molecule has 0 aromatic heterocycles. The predicted molar refractivity (Wildman–Crippen MR) is 514 cm³/mol. The Labute approximate surface area is 801 Å². The molecule has 720 valence electrons. The van der Waals surface area contributed by atoms with Crippen LogP contribution in [0.4, 0.5) is 0 Å². The number of benzene rings is 8. The molecule has 4 saturated carbocycles. The Balaban J connectivity index is 0.000000132. The van der Waals surface area contributed by atoms with E-state index >= 15 is 0 Å². The monoisotopic (exact) mass is 1860 g/mol. The number of rotatable bonds is 18. The molecule has 12 aliphatic rings. The van der Waals surface area contributed by atoms with Crippen LogP contribution in [0, 0.1) is 47.3 Å². The number of hydrogen-bond acceptors (Lipinski definition) is 18. The highest BCUT2D eigenvalue weighted by atomic mass is 16.5. The second-order valence-electron chi connectivity index (χ2n) is 39.1. The highest BCUT2D eigenvalue weighted by Gasteiger charge is 2.50. The fourth-order valence-corrected chi connectivity index (χ4v) is 23.8. The highest BCUT2D eigenvalue weighted by Crippen LogP contribution is 2.47. The molecule has 8 aromatic carbocycles. The van der Waals surface area contributed by atoms with Crippen LogP contribution in [0.15, 0.2) is 158 Å². The number of carbonyl (C=O) groups excluding carboxylic acids is 12. The molecule has 4 N–H and O–H groups in total. The van der Waals surface area contributed by atoms with Crippen LogP contribution in [0.25, 0.3) is 0 Å². The number of fused-ring (bicyclic) bond motifs is 8. The van der Waals surface area contributed by atoms with Crippen molar-refractivity contribution in [2.45, 2.75) is 214 Å². The van der Waals surface area contributed by atoms with E-state index in [1.807, 2.05) is 80.3 Å². The SMILES string of the molecule is C.COc1cccc2c1CCN(C(=O)[C@@H]1CCCC[C@@H]1C)[C@@H]2CN1C(=O)c2ccccc2C1=O.COc1cccc2c1CCN(C(=O)[C@H]1CCCC[C@H]1C)[C@H]2CN1C(=O)c2ccccc2C1=O.C[C@H]1CCCC[C@H]1C(=O)N1CCc2cc(CO)c(CO)cc2[C@@H]1CN1C(=O)c2ccccc2C1=O.C[C@H]1CCCC[C@H]1C(=O)N1CCc2cc(CO)c(CO)cc2[C@H]1CN1C(=O)c2ccccc2C1=O. The van der Waals surface area contributed by atoms with Crippen molar-refractivity contribution in [3.05, 3.63) is 269 Å².